The van der Waals surface area contributed by atoms with Crippen LogP contribution in [-0.4, -0.2) is 29.6 Å². The van der Waals surface area contributed by atoms with E-state index in [1.165, 1.54) is 0 Å². The van der Waals surface area contributed by atoms with Gasteiger partial charge in [0.1, 0.15) is 11.5 Å². The molecule has 3 rings (SSSR count). The smallest absolute Gasteiger partial charge is 0.469 e. The van der Waals surface area contributed by atoms with Crippen LogP contribution >= 0.6 is 0 Å². The van der Waals surface area contributed by atoms with Gasteiger partial charge >= 0.3 is 6.16 Å². The van der Waals surface area contributed by atoms with Gasteiger partial charge in [-0.3, -0.25) is 0 Å². The quantitative estimate of drug-likeness (QED) is 0.825. The van der Waals surface area contributed by atoms with Crippen LogP contribution in [0.5, 0.6) is 0 Å². The Morgan fingerprint density at radius 1 is 1.23 bits per heavy atom. The monoisotopic (exact) mass is 306 g/mol. The molecule has 1 unspecified atom stereocenters. The van der Waals surface area contributed by atoms with Crippen LogP contribution < -0.4 is 0 Å². The Labute approximate surface area is 127 Å². The molecular weight excluding hydrogens is 288 g/mol. The molecule has 0 saturated carbocycles. The van der Waals surface area contributed by atoms with Crippen LogP contribution in [-0.2, 0) is 22.3 Å². The molecule has 0 radical (unpaired) electrons. The second-order valence-corrected chi connectivity index (χ2v) is 5.45. The van der Waals surface area contributed by atoms with Crippen molar-refractivity contribution in [2.75, 3.05) is 6.61 Å². The number of carbonyl (C=O) groups is 1. The molecule has 0 spiro atoms. The van der Waals surface area contributed by atoms with Gasteiger partial charge in [0.15, 0.2) is 5.60 Å². The minimum absolute atomic E-state index is 0.303. The summed E-state index contributed by atoms with van der Waals surface area (Å²) in [5, 5.41) is 9.23. The van der Waals surface area contributed by atoms with Crippen molar-refractivity contribution in [2.45, 2.75) is 37.4 Å². The molecule has 1 aliphatic rings. The fourth-order valence-electron chi connectivity index (χ4n) is 3.01. The summed E-state index contributed by atoms with van der Waals surface area (Å²) in [6.07, 6.45) is 3.70. The zero-order chi connectivity index (χ0) is 15.4. The highest BCUT2D eigenvalue weighted by molar-refractivity contribution is 5.58. The Morgan fingerprint density at radius 2 is 1.86 bits per heavy atom. The van der Waals surface area contributed by atoms with Crippen LogP contribution in [0.15, 0.2) is 45.6 Å². The van der Waals surface area contributed by atoms with Gasteiger partial charge in [-0.05, 0) is 37.1 Å². The van der Waals surface area contributed by atoms with Gasteiger partial charge in [0.25, 0.3) is 0 Å². The number of hydrogen-bond acceptors (Lipinski definition) is 5. The van der Waals surface area contributed by atoms with Crippen LogP contribution in [0.25, 0.3) is 0 Å². The summed E-state index contributed by atoms with van der Waals surface area (Å²) in [4.78, 5) is 11.3. The Morgan fingerprint density at radius 3 is 2.27 bits per heavy atom. The summed E-state index contributed by atoms with van der Waals surface area (Å²) in [7, 11) is 0. The molecule has 0 bridgehead atoms. The standard InChI is InChI=1S/C16H18O6/c17-15(18)22-16(14-6-3-9-21-14,10-12-4-1-7-19-12)11-13-5-2-8-20-13/h1-2,4-5,7-8,14H,3,6,9-11H2,(H,17,18). The molecule has 0 amide bonds. The summed E-state index contributed by atoms with van der Waals surface area (Å²) in [6, 6.07) is 7.14. The maximum atomic E-state index is 11.3. The summed E-state index contributed by atoms with van der Waals surface area (Å²) in [5.41, 5.74) is -1.06. The third-order valence-electron chi connectivity index (χ3n) is 3.91. The predicted octanol–water partition coefficient (Wildman–Crippen LogP) is 3.27. The lowest BCUT2D eigenvalue weighted by Crippen LogP contribution is -2.49. The Bertz CT molecular complexity index is 544. The molecule has 118 valence electrons. The Kier molecular flexibility index (Phi) is 4.20. The normalized spacial score (nSPS) is 18.5. The maximum absolute atomic E-state index is 11.3. The van der Waals surface area contributed by atoms with E-state index in [0.717, 1.165) is 12.8 Å². The van der Waals surface area contributed by atoms with E-state index in [4.69, 9.17) is 18.3 Å². The number of rotatable bonds is 6. The maximum Gasteiger partial charge on any atom is 0.506 e. The van der Waals surface area contributed by atoms with E-state index in [-0.39, 0.29) is 6.10 Å². The van der Waals surface area contributed by atoms with E-state index in [9.17, 15) is 9.90 Å². The predicted molar refractivity (Wildman–Crippen MR) is 75.6 cm³/mol. The van der Waals surface area contributed by atoms with Gasteiger partial charge in [0.2, 0.25) is 0 Å². The molecule has 1 fully saturated rings. The second-order valence-electron chi connectivity index (χ2n) is 5.45. The number of furan rings is 2. The minimum atomic E-state index is -1.33. The molecule has 6 heteroatoms. The molecule has 2 aromatic rings. The first kappa shape index (κ1) is 14.7. The van der Waals surface area contributed by atoms with Gasteiger partial charge in [-0.15, -0.1) is 0 Å². The van der Waals surface area contributed by atoms with E-state index in [0.29, 0.717) is 31.0 Å². The molecule has 1 aliphatic heterocycles. The Balaban J connectivity index is 1.93. The minimum Gasteiger partial charge on any atom is -0.469 e. The molecule has 22 heavy (non-hydrogen) atoms. The van der Waals surface area contributed by atoms with Crippen LogP contribution in [0.4, 0.5) is 4.79 Å². The summed E-state index contributed by atoms with van der Waals surface area (Å²) >= 11 is 0. The zero-order valence-corrected chi connectivity index (χ0v) is 12.1. The topological polar surface area (TPSA) is 82.0 Å². The average Bonchev–Trinajstić information content (AvgIpc) is 3.21. The van der Waals surface area contributed by atoms with Crippen molar-refractivity contribution in [1.29, 1.82) is 0 Å². The van der Waals surface area contributed by atoms with Gasteiger partial charge in [-0.1, -0.05) is 0 Å². The van der Waals surface area contributed by atoms with Crippen molar-refractivity contribution in [3.8, 4) is 0 Å². The molecular formula is C16H18O6. The summed E-state index contributed by atoms with van der Waals surface area (Å²) < 4.78 is 21.9. The first-order valence-electron chi connectivity index (χ1n) is 7.26. The number of ether oxygens (including phenoxy) is 2. The second kappa shape index (κ2) is 6.27. The Hall–Kier alpha value is -2.21. The van der Waals surface area contributed by atoms with Crippen molar-refractivity contribution < 1.29 is 28.2 Å². The van der Waals surface area contributed by atoms with E-state index in [2.05, 4.69) is 0 Å². The highest BCUT2D eigenvalue weighted by atomic mass is 16.7. The number of hydrogen-bond donors (Lipinski definition) is 1. The summed E-state index contributed by atoms with van der Waals surface area (Å²) in [5.74, 6) is 1.31. The average molecular weight is 306 g/mol. The third-order valence-corrected chi connectivity index (χ3v) is 3.91. The van der Waals surface area contributed by atoms with E-state index >= 15 is 0 Å². The van der Waals surface area contributed by atoms with Crippen molar-refractivity contribution in [2.24, 2.45) is 0 Å². The third kappa shape index (κ3) is 3.17. The van der Waals surface area contributed by atoms with Gasteiger partial charge in [-0.25, -0.2) is 4.79 Å². The first-order chi connectivity index (χ1) is 10.7. The lowest BCUT2D eigenvalue weighted by molar-refractivity contribution is -0.107. The lowest BCUT2D eigenvalue weighted by atomic mass is 9.85. The van der Waals surface area contributed by atoms with Crippen LogP contribution in [0.3, 0.4) is 0 Å². The zero-order valence-electron chi connectivity index (χ0n) is 12.1. The van der Waals surface area contributed by atoms with Crippen molar-refractivity contribution >= 4 is 6.16 Å². The first-order valence-corrected chi connectivity index (χ1v) is 7.26. The highest BCUT2D eigenvalue weighted by Crippen LogP contribution is 2.34. The van der Waals surface area contributed by atoms with Gasteiger partial charge in [0, 0.05) is 19.4 Å². The van der Waals surface area contributed by atoms with Gasteiger partial charge < -0.3 is 23.4 Å². The van der Waals surface area contributed by atoms with Crippen molar-refractivity contribution in [3.05, 3.63) is 48.3 Å². The van der Waals surface area contributed by atoms with Gasteiger partial charge in [0.05, 0.1) is 18.6 Å². The van der Waals surface area contributed by atoms with E-state index in [1.54, 1.807) is 36.8 Å². The molecule has 0 aromatic carbocycles. The molecule has 1 N–H and O–H groups in total. The fraction of sp³-hybridized carbons (Fsp3) is 0.438. The van der Waals surface area contributed by atoms with Crippen molar-refractivity contribution in [3.63, 3.8) is 0 Å². The molecule has 3 heterocycles. The molecule has 6 nitrogen and oxygen atoms in total. The molecule has 0 aliphatic carbocycles. The SMILES string of the molecule is O=C(O)OC(Cc1ccco1)(Cc1ccco1)C1CCCO1. The van der Waals surface area contributed by atoms with E-state index in [1.807, 2.05) is 0 Å². The molecule has 1 saturated heterocycles. The number of carboxylic acid groups (broad SMARTS) is 1. The van der Waals surface area contributed by atoms with Gasteiger partial charge in [-0.2, -0.15) is 0 Å². The van der Waals surface area contributed by atoms with Crippen molar-refractivity contribution in [1.82, 2.24) is 0 Å². The largest absolute Gasteiger partial charge is 0.506 e. The lowest BCUT2D eigenvalue weighted by Gasteiger charge is -2.35. The summed E-state index contributed by atoms with van der Waals surface area (Å²) in [6.45, 7) is 0.603. The highest BCUT2D eigenvalue weighted by Gasteiger charge is 2.46. The van der Waals surface area contributed by atoms with Crippen LogP contribution in [0, 0.1) is 0 Å². The van der Waals surface area contributed by atoms with Crippen LogP contribution in [0.2, 0.25) is 0 Å². The fourth-order valence-corrected chi connectivity index (χ4v) is 3.01. The molecule has 1 atom stereocenters. The van der Waals surface area contributed by atoms with Crippen LogP contribution in [0.1, 0.15) is 24.4 Å². The van der Waals surface area contributed by atoms with E-state index < -0.39 is 11.8 Å². The molecule has 2 aromatic heterocycles.